The van der Waals surface area contributed by atoms with Crippen LogP contribution in [0.2, 0.25) is 0 Å². The first kappa shape index (κ1) is 15.8. The molecular formula is C20H16N4O2. The molecule has 0 radical (unpaired) electrons. The van der Waals surface area contributed by atoms with Crippen molar-refractivity contribution in [3.63, 3.8) is 0 Å². The summed E-state index contributed by atoms with van der Waals surface area (Å²) in [6.45, 7) is 1.97. The van der Waals surface area contributed by atoms with Crippen LogP contribution in [-0.2, 0) is 4.79 Å². The Balaban J connectivity index is 1.91. The van der Waals surface area contributed by atoms with Crippen molar-refractivity contribution in [1.29, 1.82) is 0 Å². The van der Waals surface area contributed by atoms with Crippen LogP contribution in [0.4, 0.5) is 5.82 Å². The Labute approximate surface area is 149 Å². The number of anilines is 1. The predicted molar refractivity (Wildman–Crippen MR) is 99.5 cm³/mol. The molecule has 0 bridgehead atoms. The van der Waals surface area contributed by atoms with Gasteiger partial charge in [-0.3, -0.25) is 14.9 Å². The van der Waals surface area contributed by atoms with E-state index in [9.17, 15) is 9.59 Å². The van der Waals surface area contributed by atoms with E-state index in [-0.39, 0.29) is 11.4 Å². The number of para-hydroxylation sites is 1. The number of nitrogens with one attached hydrogen (secondary N) is 1. The molecule has 6 nitrogen and oxygen atoms in total. The number of fused-ring (bicyclic) bond motifs is 1. The number of nitrogens with zero attached hydrogens (tertiary/aromatic N) is 2. The van der Waals surface area contributed by atoms with Crippen molar-refractivity contribution >= 4 is 29.3 Å². The van der Waals surface area contributed by atoms with Crippen LogP contribution in [0.3, 0.4) is 0 Å². The molecule has 2 heterocycles. The van der Waals surface area contributed by atoms with Crippen LogP contribution in [0.5, 0.6) is 0 Å². The molecule has 4 rings (SSSR count). The van der Waals surface area contributed by atoms with Gasteiger partial charge in [-0.1, -0.05) is 48.0 Å². The molecule has 26 heavy (non-hydrogen) atoms. The number of nitrogen functional groups attached to an aromatic ring is 1. The maximum atomic E-state index is 12.4. The summed E-state index contributed by atoms with van der Waals surface area (Å²) in [5.74, 6) is -0.820. The molecule has 1 aliphatic rings. The number of benzene rings is 2. The van der Waals surface area contributed by atoms with Gasteiger partial charge < -0.3 is 5.73 Å². The van der Waals surface area contributed by atoms with Crippen LogP contribution in [0.1, 0.15) is 27.2 Å². The number of nitrogens with two attached hydrogens (primary N) is 1. The van der Waals surface area contributed by atoms with E-state index in [1.807, 2.05) is 61.5 Å². The average molecular weight is 344 g/mol. The first-order valence-corrected chi connectivity index (χ1v) is 8.13. The van der Waals surface area contributed by atoms with Gasteiger partial charge in [0.15, 0.2) is 0 Å². The molecule has 128 valence electrons. The van der Waals surface area contributed by atoms with Crippen molar-refractivity contribution in [2.75, 3.05) is 5.73 Å². The van der Waals surface area contributed by atoms with E-state index >= 15 is 0 Å². The minimum Gasteiger partial charge on any atom is -0.383 e. The summed E-state index contributed by atoms with van der Waals surface area (Å²) >= 11 is 0. The lowest BCUT2D eigenvalue weighted by Crippen LogP contribution is -2.36. The molecule has 6 heteroatoms. The number of amides is 2. The second kappa shape index (κ2) is 6.00. The van der Waals surface area contributed by atoms with E-state index in [4.69, 9.17) is 5.73 Å². The molecule has 2 amide bonds. The fraction of sp³-hybridized carbons (Fsp3) is 0.0500. The maximum Gasteiger partial charge on any atom is 0.264 e. The molecule has 0 aliphatic carbocycles. The lowest BCUT2D eigenvalue weighted by Gasteiger charge is -2.13. The number of aromatic nitrogens is 2. The van der Waals surface area contributed by atoms with Crippen LogP contribution >= 0.6 is 0 Å². The number of aryl methyl sites for hydroxylation is 1. The first-order valence-electron chi connectivity index (χ1n) is 8.13. The van der Waals surface area contributed by atoms with Crippen LogP contribution in [0.25, 0.3) is 17.3 Å². The zero-order chi connectivity index (χ0) is 18.3. The van der Waals surface area contributed by atoms with E-state index < -0.39 is 11.8 Å². The largest absolute Gasteiger partial charge is 0.383 e. The summed E-state index contributed by atoms with van der Waals surface area (Å²) in [5.41, 5.74) is 9.63. The van der Waals surface area contributed by atoms with E-state index in [1.54, 1.807) is 6.08 Å². The van der Waals surface area contributed by atoms with Crippen molar-refractivity contribution in [3.8, 4) is 5.69 Å². The number of hydrogen-bond acceptors (Lipinski definition) is 4. The zero-order valence-corrected chi connectivity index (χ0v) is 14.1. The number of hydrogen-bond donors (Lipinski definition) is 2. The summed E-state index contributed by atoms with van der Waals surface area (Å²) < 4.78 is 1.48. The van der Waals surface area contributed by atoms with Gasteiger partial charge in [-0.25, -0.2) is 4.68 Å². The van der Waals surface area contributed by atoms with Crippen molar-refractivity contribution in [2.24, 2.45) is 0 Å². The number of imide groups is 1. The van der Waals surface area contributed by atoms with E-state index in [2.05, 4.69) is 10.4 Å². The van der Waals surface area contributed by atoms with Crippen LogP contribution < -0.4 is 11.1 Å². The molecule has 0 unspecified atom stereocenters. The highest BCUT2D eigenvalue weighted by Gasteiger charge is 2.34. The smallest absolute Gasteiger partial charge is 0.264 e. The van der Waals surface area contributed by atoms with Gasteiger partial charge in [-0.2, -0.15) is 5.10 Å². The van der Waals surface area contributed by atoms with Crippen molar-refractivity contribution in [3.05, 3.63) is 77.0 Å². The zero-order valence-electron chi connectivity index (χ0n) is 14.1. The maximum absolute atomic E-state index is 12.4. The van der Waals surface area contributed by atoms with Crippen molar-refractivity contribution in [2.45, 2.75) is 6.92 Å². The minimum atomic E-state index is -0.536. The number of carbonyl (C=O) groups excluding carboxylic acids is 2. The molecule has 3 N–H and O–H groups in total. The molecule has 1 aromatic heterocycles. The Morgan fingerprint density at radius 1 is 1.04 bits per heavy atom. The van der Waals surface area contributed by atoms with Crippen LogP contribution in [-0.4, -0.2) is 21.6 Å². The first-order chi connectivity index (χ1) is 12.5. The Kier molecular flexibility index (Phi) is 3.65. The van der Waals surface area contributed by atoms with E-state index in [1.165, 1.54) is 4.68 Å². The topological polar surface area (TPSA) is 90.0 Å². The summed E-state index contributed by atoms with van der Waals surface area (Å²) in [5, 5.41) is 6.81. The Morgan fingerprint density at radius 2 is 1.81 bits per heavy atom. The van der Waals surface area contributed by atoms with Gasteiger partial charge >= 0.3 is 0 Å². The summed E-state index contributed by atoms with van der Waals surface area (Å²) in [6, 6.07) is 17.0. The Bertz CT molecular complexity index is 1060. The Morgan fingerprint density at radius 3 is 2.54 bits per heavy atom. The van der Waals surface area contributed by atoms with Crippen molar-refractivity contribution in [1.82, 2.24) is 15.1 Å². The molecule has 1 aliphatic heterocycles. The highest BCUT2D eigenvalue weighted by atomic mass is 16.2. The average Bonchev–Trinajstić information content (AvgIpc) is 2.97. The second-order valence-electron chi connectivity index (χ2n) is 6.11. The van der Waals surface area contributed by atoms with E-state index in [0.717, 1.165) is 16.8 Å². The molecule has 0 fully saturated rings. The molecule has 0 saturated heterocycles. The third-order valence-corrected chi connectivity index (χ3v) is 4.23. The lowest BCUT2D eigenvalue weighted by molar-refractivity contribution is -0.114. The Hall–Kier alpha value is -3.67. The summed E-state index contributed by atoms with van der Waals surface area (Å²) in [4.78, 5) is 24.7. The third-order valence-electron chi connectivity index (χ3n) is 4.23. The van der Waals surface area contributed by atoms with Gasteiger partial charge in [-0.15, -0.1) is 0 Å². The van der Waals surface area contributed by atoms with Crippen LogP contribution in [0.15, 0.2) is 54.6 Å². The van der Waals surface area contributed by atoms with Gasteiger partial charge in [0.25, 0.3) is 11.8 Å². The number of rotatable bonds is 2. The highest BCUT2D eigenvalue weighted by molar-refractivity contribution is 6.34. The summed E-state index contributed by atoms with van der Waals surface area (Å²) in [6.07, 6.45) is 1.72. The van der Waals surface area contributed by atoms with E-state index in [0.29, 0.717) is 11.3 Å². The normalized spacial score (nSPS) is 15.0. The van der Waals surface area contributed by atoms with Crippen LogP contribution in [0, 0.1) is 6.92 Å². The summed E-state index contributed by atoms with van der Waals surface area (Å²) in [7, 11) is 0. The predicted octanol–water partition coefficient (Wildman–Crippen LogP) is 2.57. The quantitative estimate of drug-likeness (QED) is 0.552. The monoisotopic (exact) mass is 344 g/mol. The SMILES string of the molecule is Cc1cccc(/C=C2/C(=O)NC(=O)c3c2nn(-c2ccccc2)c3N)c1. The molecule has 0 saturated carbocycles. The molecule has 3 aromatic rings. The standard InChI is InChI=1S/C20H16N4O2/c1-12-6-5-7-13(10-12)11-15-17-16(20(26)22-19(15)25)18(21)24(23-17)14-8-3-2-4-9-14/h2-11H,21H2,1H3,(H,22,25,26)/b15-11+. The minimum absolute atomic E-state index is 0.200. The van der Waals surface area contributed by atoms with Gasteiger partial charge in [0, 0.05) is 0 Å². The molecular weight excluding hydrogens is 328 g/mol. The number of carbonyl (C=O) groups is 2. The third kappa shape index (κ3) is 2.57. The van der Waals surface area contributed by atoms with Gasteiger partial charge in [0.2, 0.25) is 0 Å². The molecule has 0 atom stereocenters. The van der Waals surface area contributed by atoms with Gasteiger partial charge in [0.05, 0.1) is 11.3 Å². The lowest BCUT2D eigenvalue weighted by atomic mass is 9.99. The fourth-order valence-corrected chi connectivity index (χ4v) is 3.01. The van der Waals surface area contributed by atoms with Gasteiger partial charge in [0.1, 0.15) is 17.1 Å². The molecule has 0 spiro atoms. The second-order valence-corrected chi connectivity index (χ2v) is 6.11. The van der Waals surface area contributed by atoms with Gasteiger partial charge in [-0.05, 0) is 30.7 Å². The highest BCUT2D eigenvalue weighted by Crippen LogP contribution is 2.30. The van der Waals surface area contributed by atoms with Crippen molar-refractivity contribution < 1.29 is 9.59 Å². The molecule has 2 aromatic carbocycles. The fourth-order valence-electron chi connectivity index (χ4n) is 3.01.